The molecule has 8 heteroatoms. The fourth-order valence-corrected chi connectivity index (χ4v) is 4.27. The summed E-state index contributed by atoms with van der Waals surface area (Å²) in [5, 5.41) is 12.1. The van der Waals surface area contributed by atoms with Gasteiger partial charge in [-0.05, 0) is 62.4 Å². The maximum atomic E-state index is 12.9. The molecule has 3 aromatic carbocycles. The lowest BCUT2D eigenvalue weighted by Crippen LogP contribution is -2.22. The minimum Gasteiger partial charge on any atom is -0.497 e. The molecule has 7 nitrogen and oxygen atoms in total. The first kappa shape index (κ1) is 23.4. The number of carbonyl (C=O) groups excluding carboxylic acids is 1. The highest BCUT2D eigenvalue weighted by atomic mass is 32.2. The van der Waals surface area contributed by atoms with Crippen LogP contribution in [0, 0.1) is 6.92 Å². The summed E-state index contributed by atoms with van der Waals surface area (Å²) < 4.78 is 12.8. The Balaban J connectivity index is 1.68. The number of aromatic nitrogens is 3. The van der Waals surface area contributed by atoms with Gasteiger partial charge in [0.2, 0.25) is 5.91 Å². The van der Waals surface area contributed by atoms with Crippen LogP contribution in [0.1, 0.15) is 12.5 Å². The molecule has 174 valence electrons. The monoisotopic (exact) mass is 474 g/mol. The number of nitrogens with zero attached hydrogens (tertiary/aromatic N) is 3. The topological polar surface area (TPSA) is 78.3 Å². The highest BCUT2D eigenvalue weighted by Gasteiger charge is 2.23. The van der Waals surface area contributed by atoms with Gasteiger partial charge in [0.15, 0.2) is 11.0 Å². The molecule has 1 aromatic heterocycles. The molecular formula is C26H26N4O3S. The van der Waals surface area contributed by atoms with Gasteiger partial charge >= 0.3 is 0 Å². The number of aryl methyl sites for hydroxylation is 1. The molecular weight excluding hydrogens is 448 g/mol. The van der Waals surface area contributed by atoms with Crippen molar-refractivity contribution < 1.29 is 14.3 Å². The van der Waals surface area contributed by atoms with Gasteiger partial charge in [-0.2, -0.15) is 0 Å². The standard InChI is InChI=1S/C26H26N4O3S/c1-17-9-11-19(12-10-17)27-25(31)18(2)34-26-29-28-24(22-7-5-6-8-23(22)33-4)30(26)20-13-15-21(32-3)16-14-20/h5-16,18H,1-4H3,(H,27,31)/t18-/m1/s1. The number of carbonyl (C=O) groups is 1. The molecule has 4 rings (SSSR count). The molecule has 0 aliphatic heterocycles. The van der Waals surface area contributed by atoms with E-state index in [0.717, 1.165) is 28.3 Å². The van der Waals surface area contributed by atoms with Crippen LogP contribution >= 0.6 is 11.8 Å². The summed E-state index contributed by atoms with van der Waals surface area (Å²) in [6.07, 6.45) is 0. The highest BCUT2D eigenvalue weighted by molar-refractivity contribution is 8.00. The highest BCUT2D eigenvalue weighted by Crippen LogP contribution is 2.35. The van der Waals surface area contributed by atoms with Crippen LogP contribution in [0.25, 0.3) is 17.1 Å². The van der Waals surface area contributed by atoms with Gasteiger partial charge in [-0.25, -0.2) is 0 Å². The number of hydrogen-bond donors (Lipinski definition) is 1. The number of amides is 1. The van der Waals surface area contributed by atoms with Crippen molar-refractivity contribution in [2.24, 2.45) is 0 Å². The average molecular weight is 475 g/mol. The van der Waals surface area contributed by atoms with Gasteiger partial charge in [0, 0.05) is 5.69 Å². The van der Waals surface area contributed by atoms with Gasteiger partial charge in [0.25, 0.3) is 0 Å². The van der Waals surface area contributed by atoms with Gasteiger partial charge in [0.05, 0.1) is 30.7 Å². The largest absolute Gasteiger partial charge is 0.497 e. The second-order valence-electron chi connectivity index (χ2n) is 7.66. The van der Waals surface area contributed by atoms with Crippen LogP contribution < -0.4 is 14.8 Å². The third-order valence-corrected chi connectivity index (χ3v) is 6.33. The summed E-state index contributed by atoms with van der Waals surface area (Å²) in [7, 11) is 3.25. The first-order valence-corrected chi connectivity index (χ1v) is 11.7. The Morgan fingerprint density at radius 3 is 2.32 bits per heavy atom. The second kappa shape index (κ2) is 10.4. The molecule has 0 spiro atoms. The van der Waals surface area contributed by atoms with E-state index in [2.05, 4.69) is 15.5 Å². The maximum Gasteiger partial charge on any atom is 0.237 e. The van der Waals surface area contributed by atoms with Crippen LogP contribution in [0.2, 0.25) is 0 Å². The SMILES string of the molecule is COc1ccc(-n2c(S[C@H](C)C(=O)Nc3ccc(C)cc3)nnc2-c2ccccc2OC)cc1. The predicted octanol–water partition coefficient (Wildman–Crippen LogP) is 5.38. The molecule has 34 heavy (non-hydrogen) atoms. The minimum absolute atomic E-state index is 0.114. The van der Waals surface area contributed by atoms with E-state index in [1.54, 1.807) is 14.2 Å². The lowest BCUT2D eigenvalue weighted by Gasteiger charge is -2.15. The van der Waals surface area contributed by atoms with Crippen molar-refractivity contribution in [1.29, 1.82) is 0 Å². The Kier molecular flexibility index (Phi) is 7.18. The molecule has 1 atom stereocenters. The first-order chi connectivity index (χ1) is 16.5. The summed E-state index contributed by atoms with van der Waals surface area (Å²) in [5.41, 5.74) is 3.54. The number of para-hydroxylation sites is 1. The predicted molar refractivity (Wildman–Crippen MR) is 135 cm³/mol. The fraction of sp³-hybridized carbons (Fsp3) is 0.192. The quantitative estimate of drug-likeness (QED) is 0.346. The summed E-state index contributed by atoms with van der Waals surface area (Å²) in [6, 6.07) is 23.0. The van der Waals surface area contributed by atoms with Crippen molar-refractivity contribution in [3.05, 3.63) is 78.4 Å². The van der Waals surface area contributed by atoms with Crippen LogP contribution in [0.4, 0.5) is 5.69 Å². The summed E-state index contributed by atoms with van der Waals surface area (Å²) in [6.45, 7) is 3.86. The van der Waals surface area contributed by atoms with Crippen LogP contribution in [-0.2, 0) is 4.79 Å². The van der Waals surface area contributed by atoms with Crippen molar-refractivity contribution in [1.82, 2.24) is 14.8 Å². The lowest BCUT2D eigenvalue weighted by atomic mass is 10.2. The number of methoxy groups -OCH3 is 2. The Morgan fingerprint density at radius 1 is 0.941 bits per heavy atom. The maximum absolute atomic E-state index is 12.9. The lowest BCUT2D eigenvalue weighted by molar-refractivity contribution is -0.115. The molecule has 4 aromatic rings. The van der Waals surface area contributed by atoms with Crippen molar-refractivity contribution in [3.63, 3.8) is 0 Å². The van der Waals surface area contributed by atoms with Crippen molar-refractivity contribution in [2.75, 3.05) is 19.5 Å². The van der Waals surface area contributed by atoms with E-state index >= 15 is 0 Å². The Hall–Kier alpha value is -3.78. The van der Waals surface area contributed by atoms with E-state index in [9.17, 15) is 4.79 Å². The molecule has 0 saturated heterocycles. The van der Waals surface area contributed by atoms with Crippen molar-refractivity contribution >= 4 is 23.4 Å². The number of thioether (sulfide) groups is 1. The van der Waals surface area contributed by atoms with Gasteiger partial charge in [0.1, 0.15) is 11.5 Å². The third-order valence-electron chi connectivity index (χ3n) is 5.28. The normalized spacial score (nSPS) is 11.6. The fourth-order valence-electron chi connectivity index (χ4n) is 3.41. The molecule has 1 heterocycles. The summed E-state index contributed by atoms with van der Waals surface area (Å²) in [5.74, 6) is 1.94. The molecule has 0 radical (unpaired) electrons. The molecule has 0 aliphatic rings. The smallest absolute Gasteiger partial charge is 0.237 e. The zero-order valence-electron chi connectivity index (χ0n) is 19.5. The number of ether oxygens (including phenoxy) is 2. The van der Waals surface area contributed by atoms with E-state index < -0.39 is 5.25 Å². The number of rotatable bonds is 8. The van der Waals surface area contributed by atoms with Crippen LogP contribution in [0.5, 0.6) is 11.5 Å². The summed E-state index contributed by atoms with van der Waals surface area (Å²) >= 11 is 1.34. The molecule has 0 aliphatic carbocycles. The van der Waals surface area contributed by atoms with E-state index in [0.29, 0.717) is 16.7 Å². The number of anilines is 1. The molecule has 1 N–H and O–H groups in total. The van der Waals surface area contributed by atoms with Crippen LogP contribution in [-0.4, -0.2) is 40.1 Å². The van der Waals surface area contributed by atoms with Crippen LogP contribution in [0.3, 0.4) is 0 Å². The van der Waals surface area contributed by atoms with Gasteiger partial charge in [-0.15, -0.1) is 10.2 Å². The van der Waals surface area contributed by atoms with Gasteiger partial charge in [-0.1, -0.05) is 41.6 Å². The second-order valence-corrected chi connectivity index (χ2v) is 8.96. The van der Waals surface area contributed by atoms with Gasteiger partial charge in [-0.3, -0.25) is 9.36 Å². The Labute approximate surface area is 203 Å². The molecule has 0 saturated carbocycles. The van der Waals surface area contributed by atoms with E-state index in [1.807, 2.05) is 91.2 Å². The Bertz CT molecular complexity index is 1270. The van der Waals surface area contributed by atoms with Crippen molar-refractivity contribution in [2.45, 2.75) is 24.3 Å². The molecule has 0 fully saturated rings. The average Bonchev–Trinajstić information content (AvgIpc) is 3.28. The molecule has 0 bridgehead atoms. The van der Waals surface area contributed by atoms with Gasteiger partial charge < -0.3 is 14.8 Å². The number of benzene rings is 3. The molecule has 1 amide bonds. The zero-order chi connectivity index (χ0) is 24.1. The van der Waals surface area contributed by atoms with E-state index in [1.165, 1.54) is 11.8 Å². The van der Waals surface area contributed by atoms with E-state index in [4.69, 9.17) is 9.47 Å². The zero-order valence-corrected chi connectivity index (χ0v) is 20.3. The van der Waals surface area contributed by atoms with Crippen LogP contribution in [0.15, 0.2) is 78.0 Å². The number of nitrogens with one attached hydrogen (secondary N) is 1. The summed E-state index contributed by atoms with van der Waals surface area (Å²) in [4.78, 5) is 12.9. The third kappa shape index (κ3) is 5.07. The first-order valence-electron chi connectivity index (χ1n) is 10.8. The number of hydrogen-bond acceptors (Lipinski definition) is 6. The van der Waals surface area contributed by atoms with E-state index in [-0.39, 0.29) is 5.91 Å². The Morgan fingerprint density at radius 2 is 1.65 bits per heavy atom. The minimum atomic E-state index is -0.409. The van der Waals surface area contributed by atoms with Crippen molar-refractivity contribution in [3.8, 4) is 28.6 Å². The molecule has 0 unspecified atom stereocenters.